The van der Waals surface area contributed by atoms with Gasteiger partial charge in [-0.15, -0.1) is 10.2 Å². The molecule has 0 aromatic carbocycles. The van der Waals surface area contributed by atoms with Crippen molar-refractivity contribution in [1.82, 2.24) is 25.4 Å². The highest BCUT2D eigenvalue weighted by Gasteiger charge is 2.19. The Morgan fingerprint density at radius 2 is 2.15 bits per heavy atom. The number of guanidine groups is 1. The second-order valence-electron chi connectivity index (χ2n) is 7.38. The molecular weight excluding hydrogens is 332 g/mol. The number of hydrogen-bond acceptors (Lipinski definition) is 5. The van der Waals surface area contributed by atoms with Crippen LogP contribution in [0.3, 0.4) is 0 Å². The molecule has 2 fully saturated rings. The number of aryl methyl sites for hydroxylation is 1. The molecule has 2 unspecified atom stereocenters. The lowest BCUT2D eigenvalue weighted by atomic mass is 10.2. The van der Waals surface area contributed by atoms with Gasteiger partial charge in [-0.25, -0.2) is 4.99 Å². The molecular formula is C18H32N6O2. The first kappa shape index (κ1) is 19.1. The lowest BCUT2D eigenvalue weighted by Gasteiger charge is -2.22. The van der Waals surface area contributed by atoms with Gasteiger partial charge in [-0.05, 0) is 33.1 Å². The van der Waals surface area contributed by atoms with Gasteiger partial charge in [-0.2, -0.15) is 0 Å². The molecule has 8 nitrogen and oxygen atoms in total. The van der Waals surface area contributed by atoms with E-state index in [-0.39, 0.29) is 12.1 Å². The van der Waals surface area contributed by atoms with E-state index in [1.165, 1.54) is 25.7 Å². The Balaban J connectivity index is 1.56. The van der Waals surface area contributed by atoms with E-state index in [4.69, 9.17) is 14.5 Å². The smallest absolute Gasteiger partial charge is 0.192 e. The Bertz CT molecular complexity index is 591. The Morgan fingerprint density at radius 3 is 2.81 bits per heavy atom. The molecule has 1 aromatic rings. The second-order valence-corrected chi connectivity index (χ2v) is 7.38. The minimum Gasteiger partial charge on any atom is -0.379 e. The van der Waals surface area contributed by atoms with E-state index in [9.17, 15) is 0 Å². The number of aliphatic imine (C=N–C) groups is 1. The minimum absolute atomic E-state index is 0.171. The summed E-state index contributed by atoms with van der Waals surface area (Å²) in [6, 6.07) is 0.670. The van der Waals surface area contributed by atoms with Crippen LogP contribution in [0, 0.1) is 6.92 Å². The Labute approximate surface area is 155 Å². The highest BCUT2D eigenvalue weighted by molar-refractivity contribution is 5.80. The average Bonchev–Trinajstić information content (AvgIpc) is 3.37. The van der Waals surface area contributed by atoms with Crippen LogP contribution in [-0.2, 0) is 23.1 Å². The fraction of sp³-hybridized carbons (Fsp3) is 0.833. The zero-order valence-corrected chi connectivity index (χ0v) is 16.2. The van der Waals surface area contributed by atoms with E-state index in [1.54, 1.807) is 0 Å². The fourth-order valence-electron chi connectivity index (χ4n) is 3.33. The van der Waals surface area contributed by atoms with Gasteiger partial charge >= 0.3 is 0 Å². The molecule has 8 heteroatoms. The van der Waals surface area contributed by atoms with Crippen molar-refractivity contribution >= 4 is 5.96 Å². The van der Waals surface area contributed by atoms with Crippen LogP contribution in [0.1, 0.15) is 50.7 Å². The van der Waals surface area contributed by atoms with Crippen LogP contribution in [0.5, 0.6) is 0 Å². The summed E-state index contributed by atoms with van der Waals surface area (Å²) < 4.78 is 13.3. The normalized spacial score (nSPS) is 22.7. The zero-order chi connectivity index (χ0) is 18.4. The first-order valence-corrected chi connectivity index (χ1v) is 9.73. The third kappa shape index (κ3) is 5.41. The molecule has 2 N–H and O–H groups in total. The predicted molar refractivity (Wildman–Crippen MR) is 100 cm³/mol. The Hall–Kier alpha value is -1.67. The van der Waals surface area contributed by atoms with Crippen molar-refractivity contribution in [2.75, 3.05) is 19.8 Å². The lowest BCUT2D eigenvalue weighted by Crippen LogP contribution is -2.47. The van der Waals surface area contributed by atoms with E-state index in [1.807, 2.05) is 18.5 Å². The van der Waals surface area contributed by atoms with E-state index in [0.717, 1.165) is 30.6 Å². The summed E-state index contributed by atoms with van der Waals surface area (Å²) in [7, 11) is 1.97. The second kappa shape index (κ2) is 9.32. The van der Waals surface area contributed by atoms with Crippen LogP contribution in [-0.4, -0.2) is 58.7 Å². The van der Waals surface area contributed by atoms with Crippen LogP contribution in [0.2, 0.25) is 0 Å². The molecule has 0 spiro atoms. The topological polar surface area (TPSA) is 85.6 Å². The van der Waals surface area contributed by atoms with Crippen LogP contribution in [0.25, 0.3) is 0 Å². The van der Waals surface area contributed by atoms with Gasteiger partial charge in [0, 0.05) is 25.7 Å². The van der Waals surface area contributed by atoms with Gasteiger partial charge < -0.3 is 24.7 Å². The Morgan fingerprint density at radius 1 is 1.35 bits per heavy atom. The van der Waals surface area contributed by atoms with Crippen molar-refractivity contribution in [3.63, 3.8) is 0 Å². The van der Waals surface area contributed by atoms with Crippen molar-refractivity contribution in [1.29, 1.82) is 0 Å². The fourth-order valence-corrected chi connectivity index (χ4v) is 3.33. The number of aromatic nitrogens is 3. The third-order valence-corrected chi connectivity index (χ3v) is 5.11. The number of nitrogens with zero attached hydrogens (tertiary/aromatic N) is 4. The van der Waals surface area contributed by atoms with Crippen LogP contribution in [0.4, 0.5) is 0 Å². The van der Waals surface area contributed by atoms with Gasteiger partial charge in [0.05, 0.1) is 19.3 Å². The summed E-state index contributed by atoms with van der Waals surface area (Å²) in [6.45, 7) is 6.72. The maximum Gasteiger partial charge on any atom is 0.192 e. The molecule has 1 aliphatic carbocycles. The zero-order valence-electron chi connectivity index (χ0n) is 16.2. The molecule has 146 valence electrons. The summed E-state index contributed by atoms with van der Waals surface area (Å²) in [5, 5.41) is 15.4. The summed E-state index contributed by atoms with van der Waals surface area (Å²) in [4.78, 5) is 4.74. The highest BCUT2D eigenvalue weighted by Crippen LogP contribution is 2.17. The predicted octanol–water partition coefficient (Wildman–Crippen LogP) is 1.30. The van der Waals surface area contributed by atoms with E-state index < -0.39 is 0 Å². The molecule has 1 aliphatic heterocycles. The largest absolute Gasteiger partial charge is 0.379 e. The number of rotatable bonds is 7. The van der Waals surface area contributed by atoms with Gasteiger partial charge in [0.2, 0.25) is 0 Å². The van der Waals surface area contributed by atoms with Crippen molar-refractivity contribution in [2.45, 2.75) is 70.7 Å². The monoisotopic (exact) mass is 364 g/mol. The van der Waals surface area contributed by atoms with E-state index in [0.29, 0.717) is 25.8 Å². The summed E-state index contributed by atoms with van der Waals surface area (Å²) in [6.07, 6.45) is 6.19. The summed E-state index contributed by atoms with van der Waals surface area (Å²) >= 11 is 0. The molecule has 0 radical (unpaired) electrons. The first-order chi connectivity index (χ1) is 12.6. The summed E-state index contributed by atoms with van der Waals surface area (Å²) in [5.41, 5.74) is 0. The van der Waals surface area contributed by atoms with Crippen LogP contribution in [0.15, 0.2) is 4.99 Å². The van der Waals surface area contributed by atoms with Gasteiger partial charge in [0.25, 0.3) is 0 Å². The van der Waals surface area contributed by atoms with Crippen LogP contribution < -0.4 is 10.6 Å². The van der Waals surface area contributed by atoms with Crippen molar-refractivity contribution < 1.29 is 9.47 Å². The molecule has 0 bridgehead atoms. The maximum absolute atomic E-state index is 5.92. The SMILES string of the molecule is Cc1nnc(CN=C(NC(C)COC2CCOC2)NC2CCCC2)n1C. The molecule has 1 saturated carbocycles. The molecule has 0 amide bonds. The van der Waals surface area contributed by atoms with Crippen molar-refractivity contribution in [2.24, 2.45) is 12.0 Å². The maximum atomic E-state index is 5.92. The van der Waals surface area contributed by atoms with Gasteiger partial charge in [0.1, 0.15) is 12.4 Å². The molecule has 3 rings (SSSR count). The molecule has 1 aromatic heterocycles. The van der Waals surface area contributed by atoms with Crippen molar-refractivity contribution in [3.05, 3.63) is 11.6 Å². The quantitative estimate of drug-likeness (QED) is 0.560. The number of nitrogens with one attached hydrogen (secondary N) is 2. The van der Waals surface area contributed by atoms with E-state index in [2.05, 4.69) is 27.8 Å². The van der Waals surface area contributed by atoms with Gasteiger partial charge in [0.15, 0.2) is 11.8 Å². The Kier molecular flexibility index (Phi) is 6.85. The highest BCUT2D eigenvalue weighted by atomic mass is 16.5. The average molecular weight is 364 g/mol. The standard InChI is InChI=1S/C18H32N6O2/c1-13(11-26-16-8-9-25-12-16)20-18(21-15-6-4-5-7-15)19-10-17-23-22-14(2)24(17)3/h13,15-16H,4-12H2,1-3H3,(H2,19,20,21). The molecule has 26 heavy (non-hydrogen) atoms. The van der Waals surface area contributed by atoms with Crippen LogP contribution >= 0.6 is 0 Å². The molecule has 2 atom stereocenters. The van der Waals surface area contributed by atoms with Gasteiger partial charge in [-0.1, -0.05) is 12.8 Å². The summed E-state index contributed by atoms with van der Waals surface area (Å²) in [5.74, 6) is 2.59. The molecule has 2 heterocycles. The van der Waals surface area contributed by atoms with Gasteiger partial charge in [-0.3, -0.25) is 0 Å². The van der Waals surface area contributed by atoms with E-state index >= 15 is 0 Å². The van der Waals surface area contributed by atoms with Crippen molar-refractivity contribution in [3.8, 4) is 0 Å². The number of hydrogen-bond donors (Lipinski definition) is 2. The first-order valence-electron chi connectivity index (χ1n) is 9.73. The number of ether oxygens (including phenoxy) is 2. The minimum atomic E-state index is 0.171. The molecule has 2 aliphatic rings. The lowest BCUT2D eigenvalue weighted by molar-refractivity contribution is 0.0347. The third-order valence-electron chi connectivity index (χ3n) is 5.11. The molecule has 1 saturated heterocycles.